The number of carbonyl (C=O) groups excluding carboxylic acids is 1. The maximum atomic E-state index is 12.8. The standard InChI is InChI=1S/C25H20N4O2S2/c1-15-7-10-17(11-8-15)22-23(31-18-5-3-2-4-6-18)33-25(29-22)28-21(30)14-16-9-12-19-20(13-16)32-24(26)27-19/h2-13H,14H2,1H3,(H2,26,27)(H,28,29,30). The molecule has 5 rings (SSSR count). The van der Waals surface area contributed by atoms with Crippen molar-refractivity contribution >= 4 is 49.1 Å². The highest BCUT2D eigenvalue weighted by Crippen LogP contribution is 2.40. The summed E-state index contributed by atoms with van der Waals surface area (Å²) in [5.41, 5.74) is 10.3. The van der Waals surface area contributed by atoms with Crippen molar-refractivity contribution in [3.8, 4) is 22.1 Å². The van der Waals surface area contributed by atoms with E-state index in [1.165, 1.54) is 22.7 Å². The molecule has 0 fully saturated rings. The van der Waals surface area contributed by atoms with Gasteiger partial charge in [-0.3, -0.25) is 4.79 Å². The highest BCUT2D eigenvalue weighted by atomic mass is 32.1. The van der Waals surface area contributed by atoms with Crippen molar-refractivity contribution in [1.82, 2.24) is 9.97 Å². The van der Waals surface area contributed by atoms with Gasteiger partial charge < -0.3 is 15.8 Å². The molecule has 2 aromatic heterocycles. The number of nitrogen functional groups attached to an aromatic ring is 1. The summed E-state index contributed by atoms with van der Waals surface area (Å²) in [7, 11) is 0. The van der Waals surface area contributed by atoms with Crippen molar-refractivity contribution in [3.05, 3.63) is 83.9 Å². The first-order valence-electron chi connectivity index (χ1n) is 10.3. The third-order valence-electron chi connectivity index (χ3n) is 4.96. The van der Waals surface area contributed by atoms with Crippen LogP contribution in [0.25, 0.3) is 21.5 Å². The number of hydrogen-bond donors (Lipinski definition) is 2. The number of nitrogens with one attached hydrogen (secondary N) is 1. The molecule has 2 heterocycles. The summed E-state index contributed by atoms with van der Waals surface area (Å²) in [5, 5.41) is 4.56. The first-order valence-corrected chi connectivity index (χ1v) is 11.9. The molecule has 3 N–H and O–H groups in total. The van der Waals surface area contributed by atoms with Gasteiger partial charge in [-0.15, -0.1) is 0 Å². The van der Waals surface area contributed by atoms with Crippen molar-refractivity contribution in [2.75, 3.05) is 11.1 Å². The number of para-hydroxylation sites is 1. The Kier molecular flexibility index (Phi) is 5.77. The number of anilines is 2. The summed E-state index contributed by atoms with van der Waals surface area (Å²) in [4.78, 5) is 21.7. The topological polar surface area (TPSA) is 90.1 Å². The number of aromatic nitrogens is 2. The van der Waals surface area contributed by atoms with E-state index < -0.39 is 0 Å². The van der Waals surface area contributed by atoms with E-state index in [0.717, 1.165) is 26.9 Å². The molecule has 0 aliphatic rings. The van der Waals surface area contributed by atoms with Gasteiger partial charge >= 0.3 is 0 Å². The molecule has 1 amide bonds. The van der Waals surface area contributed by atoms with Crippen LogP contribution >= 0.6 is 22.7 Å². The van der Waals surface area contributed by atoms with Crippen molar-refractivity contribution < 1.29 is 9.53 Å². The van der Waals surface area contributed by atoms with Crippen LogP contribution in [0.15, 0.2) is 72.8 Å². The van der Waals surface area contributed by atoms with Gasteiger partial charge in [-0.05, 0) is 36.8 Å². The number of aryl methyl sites for hydroxylation is 1. The van der Waals surface area contributed by atoms with Crippen molar-refractivity contribution in [1.29, 1.82) is 0 Å². The number of rotatable bonds is 6. The smallest absolute Gasteiger partial charge is 0.230 e. The Morgan fingerprint density at radius 1 is 1.00 bits per heavy atom. The first kappa shape index (κ1) is 21.1. The molecule has 0 radical (unpaired) electrons. The minimum atomic E-state index is -0.151. The fourth-order valence-electron chi connectivity index (χ4n) is 3.36. The molecule has 0 aliphatic carbocycles. The summed E-state index contributed by atoms with van der Waals surface area (Å²) in [6.07, 6.45) is 0.224. The summed E-state index contributed by atoms with van der Waals surface area (Å²) >= 11 is 2.72. The summed E-state index contributed by atoms with van der Waals surface area (Å²) in [6.45, 7) is 2.04. The van der Waals surface area contributed by atoms with Crippen molar-refractivity contribution in [2.24, 2.45) is 0 Å². The molecule has 0 bridgehead atoms. The number of fused-ring (bicyclic) bond motifs is 1. The second-order valence-corrected chi connectivity index (χ2v) is 9.54. The molecule has 5 aromatic rings. The highest BCUT2D eigenvalue weighted by Gasteiger charge is 2.17. The fourth-order valence-corrected chi connectivity index (χ4v) is 5.04. The van der Waals surface area contributed by atoms with E-state index in [2.05, 4.69) is 15.3 Å². The number of benzene rings is 3. The average molecular weight is 473 g/mol. The van der Waals surface area contributed by atoms with Crippen LogP contribution in [-0.2, 0) is 11.2 Å². The summed E-state index contributed by atoms with van der Waals surface area (Å²) in [5.74, 6) is 0.562. The molecule has 0 atom stereocenters. The van der Waals surface area contributed by atoms with E-state index >= 15 is 0 Å². The number of amides is 1. The molecule has 0 unspecified atom stereocenters. The molecular formula is C25H20N4O2S2. The summed E-state index contributed by atoms with van der Waals surface area (Å²) < 4.78 is 7.08. The Hall–Kier alpha value is -3.75. The number of hydrogen-bond acceptors (Lipinski definition) is 7. The van der Waals surface area contributed by atoms with Crippen LogP contribution < -0.4 is 15.8 Å². The van der Waals surface area contributed by atoms with E-state index in [0.29, 0.717) is 26.8 Å². The average Bonchev–Trinajstić information content (AvgIpc) is 3.36. The highest BCUT2D eigenvalue weighted by molar-refractivity contribution is 7.22. The molecule has 33 heavy (non-hydrogen) atoms. The van der Waals surface area contributed by atoms with E-state index in [1.807, 2.05) is 79.7 Å². The number of carbonyl (C=O) groups is 1. The lowest BCUT2D eigenvalue weighted by Crippen LogP contribution is -2.14. The molecule has 3 aromatic carbocycles. The van der Waals surface area contributed by atoms with E-state index in [9.17, 15) is 4.79 Å². The van der Waals surface area contributed by atoms with E-state index in [1.54, 1.807) is 0 Å². The van der Waals surface area contributed by atoms with Gasteiger partial charge in [0.05, 0.1) is 16.6 Å². The van der Waals surface area contributed by atoms with Gasteiger partial charge in [0.2, 0.25) is 11.0 Å². The predicted molar refractivity (Wildman–Crippen MR) is 135 cm³/mol. The Labute approximate surface area is 198 Å². The van der Waals surface area contributed by atoms with Gasteiger partial charge in [0.1, 0.15) is 11.4 Å². The number of thiazole rings is 2. The van der Waals surface area contributed by atoms with Crippen LogP contribution in [0.1, 0.15) is 11.1 Å². The molecule has 0 spiro atoms. The van der Waals surface area contributed by atoms with Crippen LogP contribution in [0, 0.1) is 6.92 Å². The Balaban J connectivity index is 1.39. The zero-order valence-electron chi connectivity index (χ0n) is 17.7. The normalized spacial score (nSPS) is 10.9. The molecule has 164 valence electrons. The second kappa shape index (κ2) is 9.01. The number of nitrogens with zero attached hydrogens (tertiary/aromatic N) is 2. The molecule has 6 nitrogen and oxygen atoms in total. The molecule has 8 heteroatoms. The van der Waals surface area contributed by atoms with Crippen molar-refractivity contribution in [3.63, 3.8) is 0 Å². The van der Waals surface area contributed by atoms with Gasteiger partial charge in [0.15, 0.2) is 10.3 Å². The van der Waals surface area contributed by atoms with E-state index in [-0.39, 0.29) is 12.3 Å². The van der Waals surface area contributed by atoms with Gasteiger partial charge in [0.25, 0.3) is 0 Å². The quantitative estimate of drug-likeness (QED) is 0.303. The lowest BCUT2D eigenvalue weighted by atomic mass is 10.1. The maximum Gasteiger partial charge on any atom is 0.230 e. The minimum Gasteiger partial charge on any atom is -0.444 e. The summed E-state index contributed by atoms with van der Waals surface area (Å²) in [6, 6.07) is 23.3. The zero-order valence-corrected chi connectivity index (χ0v) is 19.4. The van der Waals surface area contributed by atoms with E-state index in [4.69, 9.17) is 10.5 Å². The van der Waals surface area contributed by atoms with Crippen LogP contribution in [0.5, 0.6) is 10.8 Å². The Morgan fingerprint density at radius 2 is 1.79 bits per heavy atom. The molecular weight excluding hydrogens is 452 g/mol. The minimum absolute atomic E-state index is 0.151. The number of nitrogens with two attached hydrogens (primary N) is 1. The largest absolute Gasteiger partial charge is 0.444 e. The number of ether oxygens (including phenoxy) is 1. The van der Waals surface area contributed by atoms with Gasteiger partial charge in [-0.1, -0.05) is 76.8 Å². The lowest BCUT2D eigenvalue weighted by molar-refractivity contribution is -0.115. The molecule has 0 saturated carbocycles. The van der Waals surface area contributed by atoms with Crippen LogP contribution in [0.4, 0.5) is 10.3 Å². The third-order valence-corrected chi connectivity index (χ3v) is 6.65. The second-order valence-electron chi connectivity index (χ2n) is 7.52. The fraction of sp³-hybridized carbons (Fsp3) is 0.0800. The van der Waals surface area contributed by atoms with Gasteiger partial charge in [-0.25, -0.2) is 9.97 Å². The third kappa shape index (κ3) is 4.87. The Morgan fingerprint density at radius 3 is 2.58 bits per heavy atom. The van der Waals surface area contributed by atoms with Gasteiger partial charge in [0, 0.05) is 5.56 Å². The SMILES string of the molecule is Cc1ccc(-c2nc(NC(=O)Cc3ccc4nc(N)sc4c3)sc2Oc2ccccc2)cc1. The Bertz CT molecular complexity index is 1430. The lowest BCUT2D eigenvalue weighted by Gasteiger charge is -2.05. The first-order chi connectivity index (χ1) is 16.0. The van der Waals surface area contributed by atoms with Crippen LogP contribution in [0.3, 0.4) is 0 Å². The van der Waals surface area contributed by atoms with Gasteiger partial charge in [-0.2, -0.15) is 0 Å². The molecule has 0 aliphatic heterocycles. The predicted octanol–water partition coefficient (Wildman–Crippen LogP) is 6.28. The van der Waals surface area contributed by atoms with Crippen LogP contribution in [-0.4, -0.2) is 15.9 Å². The molecule has 0 saturated heterocycles. The maximum absolute atomic E-state index is 12.8. The van der Waals surface area contributed by atoms with Crippen molar-refractivity contribution in [2.45, 2.75) is 13.3 Å². The monoisotopic (exact) mass is 472 g/mol. The van der Waals surface area contributed by atoms with Crippen LogP contribution in [0.2, 0.25) is 0 Å². The zero-order chi connectivity index (χ0) is 22.8.